The van der Waals surface area contributed by atoms with Gasteiger partial charge in [0.15, 0.2) is 0 Å². The highest BCUT2D eigenvalue weighted by atomic mass is 127. The Hall–Kier alpha value is -0.0200. The van der Waals surface area contributed by atoms with Gasteiger partial charge in [0.2, 0.25) is 0 Å². The molecule has 0 saturated heterocycles. The molecule has 1 aromatic rings. The van der Waals surface area contributed by atoms with E-state index >= 15 is 0 Å². The van der Waals surface area contributed by atoms with E-state index in [-0.39, 0.29) is 24.8 Å². The van der Waals surface area contributed by atoms with Gasteiger partial charge in [-0.05, 0) is 57.3 Å². The Morgan fingerprint density at radius 2 is 2.06 bits per heavy atom. The van der Waals surface area contributed by atoms with Crippen LogP contribution >= 0.6 is 56.8 Å². The van der Waals surface area contributed by atoms with Gasteiger partial charge in [-0.15, -0.1) is 0 Å². The van der Waals surface area contributed by atoms with Gasteiger partial charge in [0.25, 0.3) is 0 Å². The van der Waals surface area contributed by atoms with Crippen molar-refractivity contribution < 1.29 is 14.6 Å². The van der Waals surface area contributed by atoms with E-state index in [2.05, 4.69) is 29.2 Å². The van der Waals surface area contributed by atoms with E-state index in [0.29, 0.717) is 9.13 Å². The van der Waals surface area contributed by atoms with Crippen molar-refractivity contribution in [1.29, 1.82) is 0 Å². The van der Waals surface area contributed by atoms with Gasteiger partial charge in [-0.25, -0.2) is 4.79 Å². The molecule has 0 unspecified atom stereocenters. The first-order valence-corrected chi connectivity index (χ1v) is 6.63. The molecule has 0 aromatic heterocycles. The van der Waals surface area contributed by atoms with Crippen molar-refractivity contribution in [3.8, 4) is 5.75 Å². The van der Waals surface area contributed by atoms with Crippen LogP contribution in [-0.4, -0.2) is 11.1 Å². The average molecular weight is 480 g/mol. The molecule has 0 atom stereocenters. The Morgan fingerprint density at radius 3 is 2.59 bits per heavy atom. The number of carbonyl (C=O) groups is 1. The van der Waals surface area contributed by atoms with Crippen LogP contribution in [0.5, 0.6) is 5.75 Å². The number of phenolic OH excluding ortho intramolecular Hbond substituents is 1. The minimum atomic E-state index is -0.685. The number of aromatic hydroxyl groups is 1. The summed E-state index contributed by atoms with van der Waals surface area (Å²) in [5.74, 6) is -0.566. The van der Waals surface area contributed by atoms with Crippen molar-refractivity contribution in [2.24, 2.45) is 0 Å². The lowest BCUT2D eigenvalue weighted by Gasteiger charge is -2.08. The van der Waals surface area contributed by atoms with Crippen LogP contribution in [0.4, 0.5) is 0 Å². The van der Waals surface area contributed by atoms with Gasteiger partial charge in [-0.2, -0.15) is 0 Å². The van der Waals surface area contributed by atoms with Crippen molar-refractivity contribution in [2.75, 3.05) is 0 Å². The monoisotopic (exact) mass is 480 g/mol. The maximum atomic E-state index is 11.1. The molecule has 1 rings (SSSR count). The summed E-state index contributed by atoms with van der Waals surface area (Å²) in [6.45, 7) is 3.23. The summed E-state index contributed by atoms with van der Waals surface area (Å²) in [6, 6.07) is 3.56. The minimum absolute atomic E-state index is 0. The van der Waals surface area contributed by atoms with Crippen LogP contribution in [0, 0.1) is 7.14 Å². The smallest absolute Gasteiger partial charge is 0.349 e. The molecule has 0 aliphatic carbocycles. The fourth-order valence-corrected chi connectivity index (χ4v) is 2.97. The van der Waals surface area contributed by atoms with Crippen LogP contribution in [0.15, 0.2) is 23.7 Å². The summed E-state index contributed by atoms with van der Waals surface area (Å²) in [5.41, 5.74) is 0.544. The normalized spacial score (nSPS) is 9.35. The molecule has 0 saturated carbocycles. The molecule has 0 amide bonds. The number of esters is 1. The third-order valence-corrected chi connectivity index (χ3v) is 3.29. The van der Waals surface area contributed by atoms with Crippen LogP contribution in [0.25, 0.3) is 0 Å². The Kier molecular flexibility index (Phi) is 7.41. The lowest BCUT2D eigenvalue weighted by molar-refractivity contribution is -0.139. The van der Waals surface area contributed by atoms with E-state index in [1.165, 1.54) is 0 Å². The maximum absolute atomic E-state index is 11.1. The quantitative estimate of drug-likeness (QED) is 0.404. The first kappa shape index (κ1) is 17.0. The summed E-state index contributed by atoms with van der Waals surface area (Å²) in [5, 5.41) is 9.54. The molecular weight excluding hydrogens is 469 g/mol. The molecule has 1 N–H and O–H groups in total. The SMILES string of the molecule is C.C=C(Cl)C(=O)OCc1cc(I)cc(I)c1O. The van der Waals surface area contributed by atoms with E-state index in [4.69, 9.17) is 16.3 Å². The number of carbonyl (C=O) groups excluding carboxylic acids is 1. The number of halogens is 3. The molecule has 3 nitrogen and oxygen atoms in total. The molecule has 0 fully saturated rings. The van der Waals surface area contributed by atoms with E-state index in [0.717, 1.165) is 3.57 Å². The number of rotatable bonds is 3. The van der Waals surface area contributed by atoms with Crippen molar-refractivity contribution in [2.45, 2.75) is 14.0 Å². The number of benzene rings is 1. The lowest BCUT2D eigenvalue weighted by Crippen LogP contribution is -2.04. The Bertz CT molecular complexity index is 447. The second-order valence-electron chi connectivity index (χ2n) is 2.88. The van der Waals surface area contributed by atoms with Crippen LogP contribution in [0.2, 0.25) is 0 Å². The first-order chi connectivity index (χ1) is 7.41. The summed E-state index contributed by atoms with van der Waals surface area (Å²) in [7, 11) is 0. The largest absolute Gasteiger partial charge is 0.506 e. The second-order valence-corrected chi connectivity index (χ2v) is 5.74. The van der Waals surface area contributed by atoms with E-state index in [1.807, 2.05) is 28.7 Å². The molecule has 17 heavy (non-hydrogen) atoms. The highest BCUT2D eigenvalue weighted by molar-refractivity contribution is 14.1. The zero-order valence-corrected chi connectivity index (χ0v) is 13.0. The third-order valence-electron chi connectivity index (χ3n) is 1.69. The molecule has 94 valence electrons. The molecule has 0 spiro atoms. The molecule has 1 aromatic carbocycles. The number of hydrogen-bond donors (Lipinski definition) is 1. The Balaban J connectivity index is 0.00000256. The molecule has 0 aliphatic heterocycles. The van der Waals surface area contributed by atoms with Crippen LogP contribution in [0.3, 0.4) is 0 Å². The van der Waals surface area contributed by atoms with Crippen molar-refractivity contribution in [3.05, 3.63) is 36.4 Å². The fourth-order valence-electron chi connectivity index (χ4n) is 0.951. The predicted molar refractivity (Wildman–Crippen MR) is 85.1 cm³/mol. The topological polar surface area (TPSA) is 46.5 Å². The number of ether oxygens (including phenoxy) is 1. The van der Waals surface area contributed by atoms with Gasteiger partial charge >= 0.3 is 5.97 Å². The van der Waals surface area contributed by atoms with Crippen LogP contribution in [-0.2, 0) is 16.1 Å². The van der Waals surface area contributed by atoms with Gasteiger partial charge < -0.3 is 9.84 Å². The van der Waals surface area contributed by atoms with E-state index < -0.39 is 5.97 Å². The summed E-state index contributed by atoms with van der Waals surface area (Å²) < 4.78 is 6.51. The second kappa shape index (κ2) is 7.42. The van der Waals surface area contributed by atoms with Gasteiger partial charge in [0, 0.05) is 9.13 Å². The predicted octanol–water partition coefficient (Wildman–Crippen LogP) is 4.03. The Morgan fingerprint density at radius 1 is 1.47 bits per heavy atom. The van der Waals surface area contributed by atoms with Crippen LogP contribution < -0.4 is 0 Å². The number of phenols is 1. The zero-order chi connectivity index (χ0) is 12.3. The average Bonchev–Trinajstić information content (AvgIpc) is 2.20. The molecule has 0 heterocycles. The highest BCUT2D eigenvalue weighted by Crippen LogP contribution is 2.27. The molecule has 6 heteroatoms. The first-order valence-electron chi connectivity index (χ1n) is 4.10. The third kappa shape index (κ3) is 5.01. The zero-order valence-electron chi connectivity index (χ0n) is 7.97. The fraction of sp³-hybridized carbons (Fsp3) is 0.182. The van der Waals surface area contributed by atoms with Gasteiger partial charge in [0.05, 0.1) is 3.57 Å². The molecule has 0 bridgehead atoms. The standard InChI is InChI=1S/C10H7ClI2O3.CH4/c1-5(11)10(15)16-4-6-2-7(12)3-8(13)9(6)14;/h2-3,14H,1,4H2;1H4. The highest BCUT2D eigenvalue weighted by Gasteiger charge is 2.11. The van der Waals surface area contributed by atoms with Crippen molar-refractivity contribution in [1.82, 2.24) is 0 Å². The molecule has 0 radical (unpaired) electrons. The summed E-state index contributed by atoms with van der Waals surface area (Å²) in [4.78, 5) is 11.1. The molecule has 0 aliphatic rings. The Labute approximate surface area is 132 Å². The molecular formula is C11H11ClI2O3. The lowest BCUT2D eigenvalue weighted by atomic mass is 10.2. The van der Waals surface area contributed by atoms with Crippen molar-refractivity contribution in [3.63, 3.8) is 0 Å². The van der Waals surface area contributed by atoms with Gasteiger partial charge in [-0.1, -0.05) is 25.6 Å². The minimum Gasteiger partial charge on any atom is -0.506 e. The van der Waals surface area contributed by atoms with Crippen LogP contribution in [0.1, 0.15) is 13.0 Å². The van der Waals surface area contributed by atoms with Gasteiger partial charge in [0.1, 0.15) is 17.4 Å². The van der Waals surface area contributed by atoms with Gasteiger partial charge in [-0.3, -0.25) is 0 Å². The maximum Gasteiger partial charge on any atom is 0.349 e. The van der Waals surface area contributed by atoms with Crippen molar-refractivity contribution >= 4 is 62.8 Å². The van der Waals surface area contributed by atoms with E-state index in [9.17, 15) is 9.90 Å². The summed E-state index contributed by atoms with van der Waals surface area (Å²) in [6.07, 6.45) is 0. The number of hydrogen-bond acceptors (Lipinski definition) is 3. The van der Waals surface area contributed by atoms with E-state index in [1.54, 1.807) is 6.07 Å². The summed E-state index contributed by atoms with van der Waals surface area (Å²) >= 11 is 9.49.